The van der Waals surface area contributed by atoms with E-state index in [0.717, 1.165) is 17.7 Å². The molecule has 0 aliphatic carbocycles. The van der Waals surface area contributed by atoms with Crippen LogP contribution in [0.25, 0.3) is 0 Å². The van der Waals surface area contributed by atoms with Gasteiger partial charge in [0.25, 0.3) is 0 Å². The molecule has 0 radical (unpaired) electrons. The van der Waals surface area contributed by atoms with Crippen LogP contribution in [0.1, 0.15) is 30.9 Å². The Labute approximate surface area is 117 Å². The maximum absolute atomic E-state index is 11.8. The summed E-state index contributed by atoms with van der Waals surface area (Å²) < 4.78 is 0. The zero-order valence-corrected chi connectivity index (χ0v) is 11.8. The van der Waals surface area contributed by atoms with Crippen LogP contribution in [0.15, 0.2) is 30.3 Å². The van der Waals surface area contributed by atoms with Gasteiger partial charge < -0.3 is 10.4 Å². The van der Waals surface area contributed by atoms with E-state index >= 15 is 0 Å². The molecule has 0 aliphatic rings. The minimum atomic E-state index is -0.918. The Morgan fingerprint density at radius 3 is 2.58 bits per heavy atom. The number of carboxylic acids is 1. The highest BCUT2D eigenvalue weighted by Gasteiger charge is 2.17. The quantitative estimate of drug-likeness (QED) is 0.718. The topological polar surface area (TPSA) is 66.4 Å². The molecular weight excluding hydrogens is 262 g/mol. The van der Waals surface area contributed by atoms with Crippen LogP contribution in [-0.4, -0.2) is 29.0 Å². The molecule has 0 aliphatic heterocycles. The molecule has 1 atom stereocenters. The van der Waals surface area contributed by atoms with Gasteiger partial charge in [-0.1, -0.05) is 30.3 Å². The van der Waals surface area contributed by atoms with Crippen molar-refractivity contribution < 1.29 is 14.7 Å². The summed E-state index contributed by atoms with van der Waals surface area (Å²) >= 11 is 1.70. The molecule has 0 saturated heterocycles. The Morgan fingerprint density at radius 1 is 1.32 bits per heavy atom. The van der Waals surface area contributed by atoms with E-state index in [1.807, 2.05) is 36.6 Å². The fraction of sp³-hybridized carbons (Fsp3) is 0.429. The Kier molecular flexibility index (Phi) is 7.03. The van der Waals surface area contributed by atoms with Gasteiger partial charge in [0, 0.05) is 6.42 Å². The van der Waals surface area contributed by atoms with Crippen molar-refractivity contribution in [2.75, 3.05) is 12.0 Å². The van der Waals surface area contributed by atoms with Crippen molar-refractivity contribution in [1.29, 1.82) is 0 Å². The molecule has 1 aromatic rings. The van der Waals surface area contributed by atoms with Crippen molar-refractivity contribution in [2.45, 2.75) is 25.3 Å². The number of carbonyl (C=O) groups excluding carboxylic acids is 1. The number of hydrogen-bond acceptors (Lipinski definition) is 3. The van der Waals surface area contributed by atoms with Crippen LogP contribution in [0.2, 0.25) is 0 Å². The molecule has 2 N–H and O–H groups in total. The van der Waals surface area contributed by atoms with Gasteiger partial charge in [-0.25, -0.2) is 0 Å². The predicted octanol–water partition coefficient (Wildman–Crippen LogP) is 2.46. The third-order valence-corrected chi connectivity index (χ3v) is 3.37. The van der Waals surface area contributed by atoms with Crippen LogP contribution in [0.5, 0.6) is 0 Å². The van der Waals surface area contributed by atoms with Gasteiger partial charge in [-0.3, -0.25) is 9.59 Å². The van der Waals surface area contributed by atoms with Gasteiger partial charge in [-0.15, -0.1) is 0 Å². The molecule has 1 unspecified atom stereocenters. The lowest BCUT2D eigenvalue weighted by Gasteiger charge is -2.17. The number of hydrogen-bond donors (Lipinski definition) is 2. The first kappa shape index (κ1) is 15.6. The lowest BCUT2D eigenvalue weighted by atomic mass is 10.0. The third kappa shape index (κ3) is 6.29. The summed E-state index contributed by atoms with van der Waals surface area (Å²) in [6.07, 6.45) is 3.14. The van der Waals surface area contributed by atoms with Crippen LogP contribution >= 0.6 is 11.8 Å². The molecule has 0 fully saturated rings. The number of carboxylic acid groups (broad SMARTS) is 1. The largest absolute Gasteiger partial charge is 0.481 e. The highest BCUT2D eigenvalue weighted by molar-refractivity contribution is 7.98. The zero-order valence-electron chi connectivity index (χ0n) is 11.0. The van der Waals surface area contributed by atoms with E-state index in [0.29, 0.717) is 6.42 Å². The van der Waals surface area contributed by atoms with E-state index in [-0.39, 0.29) is 12.3 Å². The monoisotopic (exact) mass is 281 g/mol. The van der Waals surface area contributed by atoms with E-state index < -0.39 is 12.0 Å². The number of aliphatic carboxylic acids is 1. The number of thioether (sulfide) groups is 1. The third-order valence-electron chi connectivity index (χ3n) is 2.67. The number of nitrogens with one attached hydrogen (secondary N) is 1. The molecule has 0 aromatic heterocycles. The smallest absolute Gasteiger partial charge is 0.305 e. The van der Waals surface area contributed by atoms with Crippen molar-refractivity contribution in [3.05, 3.63) is 35.9 Å². The number of amides is 1. The average Bonchev–Trinajstić information content (AvgIpc) is 2.39. The van der Waals surface area contributed by atoms with Crippen molar-refractivity contribution >= 4 is 23.6 Å². The highest BCUT2D eigenvalue weighted by Crippen LogP contribution is 2.16. The molecule has 0 spiro atoms. The summed E-state index contributed by atoms with van der Waals surface area (Å²) in [6.45, 7) is 0. The average molecular weight is 281 g/mol. The summed E-state index contributed by atoms with van der Waals surface area (Å²) in [7, 11) is 0. The van der Waals surface area contributed by atoms with Crippen molar-refractivity contribution in [1.82, 2.24) is 5.32 Å². The molecule has 104 valence electrons. The predicted molar refractivity (Wildman–Crippen MR) is 77.2 cm³/mol. The minimum absolute atomic E-state index is 0.0934. The first-order valence-electron chi connectivity index (χ1n) is 6.18. The van der Waals surface area contributed by atoms with E-state index in [9.17, 15) is 9.59 Å². The fourth-order valence-electron chi connectivity index (χ4n) is 1.76. The molecule has 0 heterocycles. The van der Waals surface area contributed by atoms with E-state index in [1.165, 1.54) is 0 Å². The second-order valence-electron chi connectivity index (χ2n) is 4.22. The van der Waals surface area contributed by atoms with Gasteiger partial charge in [0.1, 0.15) is 0 Å². The standard InChI is InChI=1S/C14H19NO3S/c1-19-9-5-8-13(16)15-12(10-14(17)18)11-6-3-2-4-7-11/h2-4,6-7,12H,5,8-10H2,1H3,(H,15,16)(H,17,18). The first-order valence-corrected chi connectivity index (χ1v) is 7.58. The Hall–Kier alpha value is -1.49. The molecule has 1 amide bonds. The number of carbonyl (C=O) groups is 2. The first-order chi connectivity index (χ1) is 9.13. The van der Waals surface area contributed by atoms with Crippen molar-refractivity contribution in [3.8, 4) is 0 Å². The molecule has 4 nitrogen and oxygen atoms in total. The van der Waals surface area contributed by atoms with Crippen LogP contribution in [0.3, 0.4) is 0 Å². The molecule has 0 saturated carbocycles. The normalized spacial score (nSPS) is 11.8. The van der Waals surface area contributed by atoms with E-state index in [1.54, 1.807) is 11.8 Å². The lowest BCUT2D eigenvalue weighted by Crippen LogP contribution is -2.30. The Bertz CT molecular complexity index is 408. The van der Waals surface area contributed by atoms with Gasteiger partial charge in [0.2, 0.25) is 5.91 Å². The zero-order chi connectivity index (χ0) is 14.1. The lowest BCUT2D eigenvalue weighted by molar-refractivity contribution is -0.137. The van der Waals surface area contributed by atoms with Gasteiger partial charge in [-0.2, -0.15) is 11.8 Å². The Balaban J connectivity index is 2.60. The van der Waals surface area contributed by atoms with Crippen LogP contribution in [-0.2, 0) is 9.59 Å². The fourth-order valence-corrected chi connectivity index (χ4v) is 2.19. The minimum Gasteiger partial charge on any atom is -0.481 e. The summed E-state index contributed by atoms with van der Waals surface area (Å²) in [5, 5.41) is 11.7. The maximum atomic E-state index is 11.8. The van der Waals surface area contributed by atoms with Gasteiger partial charge >= 0.3 is 5.97 Å². The second kappa shape index (κ2) is 8.58. The van der Waals surface area contributed by atoms with Crippen LogP contribution in [0.4, 0.5) is 0 Å². The maximum Gasteiger partial charge on any atom is 0.305 e. The molecule has 0 bridgehead atoms. The van der Waals surface area contributed by atoms with Crippen LogP contribution < -0.4 is 5.32 Å². The number of benzene rings is 1. The van der Waals surface area contributed by atoms with E-state index in [2.05, 4.69) is 5.32 Å². The second-order valence-corrected chi connectivity index (χ2v) is 5.21. The van der Waals surface area contributed by atoms with Crippen LogP contribution in [0, 0.1) is 0 Å². The SMILES string of the molecule is CSCCCC(=O)NC(CC(=O)O)c1ccccc1. The summed E-state index contributed by atoms with van der Waals surface area (Å²) in [5.41, 5.74) is 0.822. The van der Waals surface area contributed by atoms with Crippen molar-refractivity contribution in [2.24, 2.45) is 0 Å². The van der Waals surface area contributed by atoms with Gasteiger partial charge in [0.05, 0.1) is 12.5 Å². The molecule has 1 rings (SSSR count). The van der Waals surface area contributed by atoms with Gasteiger partial charge in [0.15, 0.2) is 0 Å². The number of rotatable bonds is 8. The summed E-state index contributed by atoms with van der Waals surface area (Å²) in [5.74, 6) is -0.0788. The Morgan fingerprint density at radius 2 is 2.00 bits per heavy atom. The summed E-state index contributed by atoms with van der Waals surface area (Å²) in [6, 6.07) is 8.74. The van der Waals surface area contributed by atoms with E-state index in [4.69, 9.17) is 5.11 Å². The molecule has 19 heavy (non-hydrogen) atoms. The highest BCUT2D eigenvalue weighted by atomic mass is 32.2. The van der Waals surface area contributed by atoms with Crippen molar-refractivity contribution in [3.63, 3.8) is 0 Å². The molecule has 1 aromatic carbocycles. The molecule has 5 heteroatoms. The van der Waals surface area contributed by atoms with Gasteiger partial charge in [-0.05, 0) is 24.0 Å². The molecular formula is C14H19NO3S. The summed E-state index contributed by atoms with van der Waals surface area (Å²) in [4.78, 5) is 22.6.